The molecule has 2 heterocycles. The average molecular weight is 278 g/mol. The van der Waals surface area contributed by atoms with E-state index >= 15 is 0 Å². The molecule has 0 fully saturated rings. The molecule has 1 aromatic carbocycles. The fourth-order valence-electron chi connectivity index (χ4n) is 2.01. The van der Waals surface area contributed by atoms with E-state index in [4.69, 9.17) is 26.1 Å². The van der Waals surface area contributed by atoms with Crippen molar-refractivity contribution in [2.75, 3.05) is 6.61 Å². The molecule has 0 bridgehead atoms. The van der Waals surface area contributed by atoms with Gasteiger partial charge >= 0.3 is 0 Å². The monoisotopic (exact) mass is 278 g/mol. The van der Waals surface area contributed by atoms with Crippen LogP contribution in [0.2, 0.25) is 0 Å². The zero-order valence-corrected chi connectivity index (χ0v) is 11.5. The molecule has 0 saturated carbocycles. The summed E-state index contributed by atoms with van der Waals surface area (Å²) < 4.78 is 17.0. The summed E-state index contributed by atoms with van der Waals surface area (Å²) in [7, 11) is 0. The molecule has 1 unspecified atom stereocenters. The van der Waals surface area contributed by atoms with Crippen molar-refractivity contribution < 1.29 is 13.9 Å². The number of rotatable bonds is 1. The van der Waals surface area contributed by atoms with Crippen molar-refractivity contribution in [3.05, 3.63) is 34.0 Å². The van der Waals surface area contributed by atoms with E-state index in [1.165, 1.54) is 5.56 Å². The molecule has 6 heteroatoms. The summed E-state index contributed by atoms with van der Waals surface area (Å²) >= 11 is 4.88. The molecule has 1 aromatic heterocycles. The highest BCUT2D eigenvalue weighted by Gasteiger charge is 2.24. The zero-order chi connectivity index (χ0) is 13.4. The van der Waals surface area contributed by atoms with Crippen LogP contribution >= 0.6 is 12.2 Å². The van der Waals surface area contributed by atoms with Gasteiger partial charge in [0, 0.05) is 6.42 Å². The molecule has 1 aliphatic rings. The number of aryl methyl sites for hydroxylation is 2. The molecule has 1 aliphatic heterocycles. The Labute approximate surface area is 115 Å². The van der Waals surface area contributed by atoms with E-state index in [-0.39, 0.29) is 10.9 Å². The molecule has 1 N–H and O–H groups in total. The van der Waals surface area contributed by atoms with Crippen molar-refractivity contribution in [1.29, 1.82) is 0 Å². The first-order chi connectivity index (χ1) is 9.13. The van der Waals surface area contributed by atoms with Gasteiger partial charge in [0.25, 0.3) is 10.7 Å². The van der Waals surface area contributed by atoms with Crippen LogP contribution in [-0.2, 0) is 0 Å². The minimum atomic E-state index is -0.281. The number of ether oxygens (including phenoxy) is 2. The third-order valence-corrected chi connectivity index (χ3v) is 3.37. The van der Waals surface area contributed by atoms with Crippen LogP contribution in [-0.4, -0.2) is 16.8 Å². The first-order valence-corrected chi connectivity index (χ1v) is 6.50. The third kappa shape index (κ3) is 2.35. The number of H-pyrrole nitrogens is 1. The number of aromatic amines is 1. The summed E-state index contributed by atoms with van der Waals surface area (Å²) in [5.74, 6) is 1.94. The van der Waals surface area contributed by atoms with Crippen molar-refractivity contribution in [1.82, 2.24) is 10.2 Å². The van der Waals surface area contributed by atoms with Gasteiger partial charge in [-0.1, -0.05) is 0 Å². The lowest BCUT2D eigenvalue weighted by molar-refractivity contribution is 0.159. The van der Waals surface area contributed by atoms with E-state index in [9.17, 15) is 0 Å². The summed E-state index contributed by atoms with van der Waals surface area (Å²) in [6.45, 7) is 4.64. The van der Waals surface area contributed by atoms with E-state index < -0.39 is 0 Å². The Hall–Kier alpha value is -1.82. The zero-order valence-electron chi connectivity index (χ0n) is 10.7. The molecular weight excluding hydrogens is 264 g/mol. The Morgan fingerprint density at radius 1 is 1.26 bits per heavy atom. The summed E-state index contributed by atoms with van der Waals surface area (Å²) in [5, 5.41) is 6.63. The first kappa shape index (κ1) is 12.2. The molecule has 19 heavy (non-hydrogen) atoms. The normalized spacial score (nSPS) is 18.1. The van der Waals surface area contributed by atoms with Crippen LogP contribution in [0, 0.1) is 18.7 Å². The van der Waals surface area contributed by atoms with Crippen LogP contribution in [0.25, 0.3) is 0 Å². The van der Waals surface area contributed by atoms with Crippen LogP contribution in [0.5, 0.6) is 11.5 Å². The van der Waals surface area contributed by atoms with Crippen LogP contribution in [0.15, 0.2) is 16.5 Å². The topological polar surface area (TPSA) is 60.3 Å². The number of nitrogens with zero attached hydrogens (tertiary/aromatic N) is 1. The van der Waals surface area contributed by atoms with Gasteiger partial charge in [-0.2, -0.15) is 0 Å². The average Bonchev–Trinajstić information content (AvgIpc) is 2.70. The number of hydrogen-bond acceptors (Lipinski definition) is 5. The van der Waals surface area contributed by atoms with Gasteiger partial charge in [0.1, 0.15) is 0 Å². The lowest BCUT2D eigenvalue weighted by Crippen LogP contribution is -2.08. The van der Waals surface area contributed by atoms with Gasteiger partial charge in [0.2, 0.25) is 0 Å². The maximum Gasteiger partial charge on any atom is 0.284 e. The molecule has 3 rings (SSSR count). The van der Waals surface area contributed by atoms with E-state index in [0.29, 0.717) is 18.9 Å². The van der Waals surface area contributed by atoms with Crippen molar-refractivity contribution in [3.8, 4) is 11.5 Å². The molecule has 100 valence electrons. The Morgan fingerprint density at radius 3 is 2.68 bits per heavy atom. The van der Waals surface area contributed by atoms with Gasteiger partial charge < -0.3 is 13.9 Å². The summed E-state index contributed by atoms with van der Waals surface area (Å²) in [4.78, 5) is 0.254. The minimum absolute atomic E-state index is 0.254. The Morgan fingerprint density at radius 2 is 2.00 bits per heavy atom. The Kier molecular flexibility index (Phi) is 3.02. The SMILES string of the molecule is Cc1cc2c(cc1C)OC(c1n[nH]c(=S)o1)CCO2. The maximum absolute atomic E-state index is 5.94. The molecule has 0 aliphatic carbocycles. The van der Waals surface area contributed by atoms with E-state index in [0.717, 1.165) is 17.1 Å². The molecule has 0 amide bonds. The van der Waals surface area contributed by atoms with Crippen LogP contribution in [0.1, 0.15) is 29.5 Å². The van der Waals surface area contributed by atoms with Gasteiger partial charge in [0.05, 0.1) is 6.61 Å². The highest BCUT2D eigenvalue weighted by atomic mass is 32.1. The third-order valence-electron chi connectivity index (χ3n) is 3.20. The number of aromatic nitrogens is 2. The molecule has 0 radical (unpaired) electrons. The highest BCUT2D eigenvalue weighted by Crippen LogP contribution is 2.37. The summed E-state index contributed by atoms with van der Waals surface area (Å²) in [5.41, 5.74) is 2.34. The molecular formula is C13H14N2O3S. The quantitative estimate of drug-likeness (QED) is 0.811. The van der Waals surface area contributed by atoms with E-state index in [1.54, 1.807) is 0 Å². The van der Waals surface area contributed by atoms with Crippen molar-refractivity contribution in [2.45, 2.75) is 26.4 Å². The van der Waals surface area contributed by atoms with E-state index in [1.807, 2.05) is 26.0 Å². The number of hydrogen-bond donors (Lipinski definition) is 1. The van der Waals surface area contributed by atoms with Crippen LogP contribution in [0.4, 0.5) is 0 Å². The lowest BCUT2D eigenvalue weighted by Gasteiger charge is -2.13. The predicted octanol–water partition coefficient (Wildman–Crippen LogP) is 3.25. The number of benzene rings is 1. The van der Waals surface area contributed by atoms with Gasteiger partial charge in [-0.15, -0.1) is 5.10 Å². The van der Waals surface area contributed by atoms with Gasteiger partial charge in [0.15, 0.2) is 17.6 Å². The van der Waals surface area contributed by atoms with Gasteiger partial charge in [-0.05, 0) is 49.3 Å². The van der Waals surface area contributed by atoms with E-state index in [2.05, 4.69) is 10.2 Å². The van der Waals surface area contributed by atoms with Crippen molar-refractivity contribution in [2.24, 2.45) is 0 Å². The molecule has 1 atom stereocenters. The number of fused-ring (bicyclic) bond motifs is 1. The Bertz CT molecular complexity index is 662. The fourth-order valence-corrected chi connectivity index (χ4v) is 2.14. The second-order valence-corrected chi connectivity index (χ2v) is 4.95. The molecule has 0 saturated heterocycles. The lowest BCUT2D eigenvalue weighted by atomic mass is 10.1. The fraction of sp³-hybridized carbons (Fsp3) is 0.385. The molecule has 2 aromatic rings. The standard InChI is InChI=1S/C13H14N2O3S/c1-7-5-10-11(6-8(7)2)17-9(3-4-16-10)12-14-15-13(19)18-12/h5-6,9H,3-4H2,1-2H3,(H,15,19). The minimum Gasteiger partial charge on any atom is -0.490 e. The maximum atomic E-state index is 5.94. The predicted molar refractivity (Wildman–Crippen MR) is 71.1 cm³/mol. The number of nitrogens with one attached hydrogen (secondary N) is 1. The second-order valence-electron chi connectivity index (χ2n) is 4.58. The van der Waals surface area contributed by atoms with Crippen LogP contribution in [0.3, 0.4) is 0 Å². The second kappa shape index (κ2) is 4.70. The summed E-state index contributed by atoms with van der Waals surface area (Å²) in [6, 6.07) is 3.97. The highest BCUT2D eigenvalue weighted by molar-refractivity contribution is 7.71. The smallest absolute Gasteiger partial charge is 0.284 e. The van der Waals surface area contributed by atoms with Gasteiger partial charge in [-0.25, -0.2) is 5.10 Å². The molecule has 5 nitrogen and oxygen atoms in total. The summed E-state index contributed by atoms with van der Waals surface area (Å²) in [6.07, 6.45) is 0.381. The Balaban J connectivity index is 1.96. The largest absolute Gasteiger partial charge is 0.490 e. The molecule has 0 spiro atoms. The van der Waals surface area contributed by atoms with Crippen LogP contribution < -0.4 is 9.47 Å². The van der Waals surface area contributed by atoms with Crippen molar-refractivity contribution >= 4 is 12.2 Å². The first-order valence-electron chi connectivity index (χ1n) is 6.09. The van der Waals surface area contributed by atoms with Gasteiger partial charge in [-0.3, -0.25) is 0 Å². The van der Waals surface area contributed by atoms with Crippen molar-refractivity contribution in [3.63, 3.8) is 0 Å².